The highest BCUT2D eigenvalue weighted by Crippen LogP contribution is 2.17. The van der Waals surface area contributed by atoms with Gasteiger partial charge in [-0.3, -0.25) is 0 Å². The number of rotatable bonds is 1. The largest absolute Gasteiger partial charge is 0.411 e. The lowest BCUT2D eigenvalue weighted by Crippen LogP contribution is -2.06. The first-order valence-corrected chi connectivity index (χ1v) is 3.78. The molecule has 0 radical (unpaired) electrons. The van der Waals surface area contributed by atoms with Crippen LogP contribution in [0.4, 0.5) is 0 Å². The normalized spacial score (nSPS) is 22.9. The van der Waals surface area contributed by atoms with Gasteiger partial charge in [0.25, 0.3) is 0 Å². The molecule has 1 N–H and O–H groups in total. The van der Waals surface area contributed by atoms with Crippen LogP contribution in [0.1, 0.15) is 32.6 Å². The minimum absolute atomic E-state index is 0.883. The summed E-state index contributed by atoms with van der Waals surface area (Å²) in [6, 6.07) is 0. The Morgan fingerprint density at radius 2 is 2.50 bits per heavy atom. The first-order valence-electron chi connectivity index (χ1n) is 3.78. The average molecular weight is 139 g/mol. The number of hydrogen-bond acceptors (Lipinski definition) is 2. The predicted molar refractivity (Wildman–Crippen MR) is 41.4 cm³/mol. The van der Waals surface area contributed by atoms with Crippen molar-refractivity contribution in [1.82, 2.24) is 0 Å². The standard InChI is InChI=1S/C8H13NO/c1-2-7-5-3-4-6-8(7)9-10/h5,10H,2-4,6H2,1H3. The molecule has 0 heterocycles. The van der Waals surface area contributed by atoms with Gasteiger partial charge in [0.15, 0.2) is 0 Å². The molecule has 0 saturated carbocycles. The van der Waals surface area contributed by atoms with E-state index in [1.165, 1.54) is 5.57 Å². The van der Waals surface area contributed by atoms with E-state index in [4.69, 9.17) is 5.21 Å². The van der Waals surface area contributed by atoms with E-state index in [1.807, 2.05) is 0 Å². The molecule has 0 bridgehead atoms. The first kappa shape index (κ1) is 7.32. The lowest BCUT2D eigenvalue weighted by molar-refractivity contribution is 0.317. The molecule has 2 heteroatoms. The van der Waals surface area contributed by atoms with Crippen molar-refractivity contribution in [2.24, 2.45) is 5.16 Å². The summed E-state index contributed by atoms with van der Waals surface area (Å²) in [5, 5.41) is 11.8. The van der Waals surface area contributed by atoms with Crippen molar-refractivity contribution < 1.29 is 5.21 Å². The smallest absolute Gasteiger partial charge is 0.0824 e. The SMILES string of the molecule is CCC1=CCCCC1=NO. The van der Waals surface area contributed by atoms with E-state index in [-0.39, 0.29) is 0 Å². The highest BCUT2D eigenvalue weighted by Gasteiger charge is 2.09. The van der Waals surface area contributed by atoms with E-state index in [9.17, 15) is 0 Å². The van der Waals surface area contributed by atoms with Crippen molar-refractivity contribution in [1.29, 1.82) is 0 Å². The second-order valence-electron chi connectivity index (χ2n) is 2.52. The Labute approximate surface area is 61.2 Å². The van der Waals surface area contributed by atoms with Gasteiger partial charge in [0, 0.05) is 0 Å². The third-order valence-corrected chi connectivity index (χ3v) is 1.88. The fourth-order valence-electron chi connectivity index (χ4n) is 1.29. The van der Waals surface area contributed by atoms with Crippen LogP contribution in [0, 0.1) is 0 Å². The molecule has 2 nitrogen and oxygen atoms in total. The first-order chi connectivity index (χ1) is 4.88. The summed E-state index contributed by atoms with van der Waals surface area (Å²) in [4.78, 5) is 0. The van der Waals surface area contributed by atoms with Gasteiger partial charge in [-0.2, -0.15) is 0 Å². The van der Waals surface area contributed by atoms with Crippen LogP contribution in [0.2, 0.25) is 0 Å². The molecule has 10 heavy (non-hydrogen) atoms. The molecule has 0 spiro atoms. The van der Waals surface area contributed by atoms with Crippen molar-refractivity contribution >= 4 is 5.71 Å². The third-order valence-electron chi connectivity index (χ3n) is 1.88. The molecule has 0 saturated heterocycles. The number of allylic oxidation sites excluding steroid dienone is 2. The molecule has 1 aliphatic rings. The Morgan fingerprint density at radius 3 is 3.00 bits per heavy atom. The van der Waals surface area contributed by atoms with Gasteiger partial charge < -0.3 is 5.21 Å². The third kappa shape index (κ3) is 1.38. The fourth-order valence-corrected chi connectivity index (χ4v) is 1.29. The highest BCUT2D eigenvalue weighted by molar-refractivity contribution is 6.00. The summed E-state index contributed by atoms with van der Waals surface area (Å²) < 4.78 is 0. The molecule has 1 rings (SSSR count). The molecular formula is C8H13NO. The van der Waals surface area contributed by atoms with Gasteiger partial charge >= 0.3 is 0 Å². The van der Waals surface area contributed by atoms with Gasteiger partial charge in [0.2, 0.25) is 0 Å². The van der Waals surface area contributed by atoms with E-state index < -0.39 is 0 Å². The Bertz CT molecular complexity index is 170. The van der Waals surface area contributed by atoms with E-state index in [0.29, 0.717) is 0 Å². The lowest BCUT2D eigenvalue weighted by Gasteiger charge is -2.11. The summed E-state index contributed by atoms with van der Waals surface area (Å²) in [5.41, 5.74) is 2.10. The van der Waals surface area contributed by atoms with Crippen LogP contribution in [-0.4, -0.2) is 10.9 Å². The van der Waals surface area contributed by atoms with Crippen LogP contribution >= 0.6 is 0 Å². The molecule has 0 fully saturated rings. The van der Waals surface area contributed by atoms with E-state index >= 15 is 0 Å². The predicted octanol–water partition coefficient (Wildman–Crippen LogP) is 2.34. The van der Waals surface area contributed by atoms with E-state index in [1.54, 1.807) is 0 Å². The summed E-state index contributed by atoms with van der Waals surface area (Å²) in [7, 11) is 0. The number of oxime groups is 1. The topological polar surface area (TPSA) is 32.6 Å². The van der Waals surface area contributed by atoms with E-state index in [0.717, 1.165) is 31.4 Å². The maximum atomic E-state index is 8.54. The van der Waals surface area contributed by atoms with Crippen molar-refractivity contribution in [3.8, 4) is 0 Å². The van der Waals surface area contributed by atoms with Crippen LogP contribution in [0.25, 0.3) is 0 Å². The second-order valence-corrected chi connectivity index (χ2v) is 2.52. The minimum Gasteiger partial charge on any atom is -0.411 e. The fraction of sp³-hybridized carbons (Fsp3) is 0.625. The van der Waals surface area contributed by atoms with Gasteiger partial charge in [-0.1, -0.05) is 18.2 Å². The van der Waals surface area contributed by atoms with Crippen LogP contribution in [-0.2, 0) is 0 Å². The summed E-state index contributed by atoms with van der Waals surface area (Å²) >= 11 is 0. The molecule has 0 atom stereocenters. The van der Waals surface area contributed by atoms with Crippen molar-refractivity contribution in [3.05, 3.63) is 11.6 Å². The molecular weight excluding hydrogens is 126 g/mol. The van der Waals surface area contributed by atoms with Gasteiger partial charge in [-0.05, 0) is 31.3 Å². The van der Waals surface area contributed by atoms with E-state index in [2.05, 4.69) is 18.2 Å². The maximum Gasteiger partial charge on any atom is 0.0824 e. The van der Waals surface area contributed by atoms with Crippen molar-refractivity contribution in [2.75, 3.05) is 0 Å². The Hall–Kier alpha value is -0.790. The summed E-state index contributed by atoms with van der Waals surface area (Å²) in [6.07, 6.45) is 6.36. The second kappa shape index (κ2) is 3.40. The zero-order valence-corrected chi connectivity index (χ0v) is 6.30. The van der Waals surface area contributed by atoms with Gasteiger partial charge in [0.1, 0.15) is 0 Å². The van der Waals surface area contributed by atoms with Gasteiger partial charge in [-0.25, -0.2) is 0 Å². The maximum absolute atomic E-state index is 8.54. The van der Waals surface area contributed by atoms with Gasteiger partial charge in [0.05, 0.1) is 5.71 Å². The highest BCUT2D eigenvalue weighted by atomic mass is 16.4. The molecule has 56 valence electrons. The summed E-state index contributed by atoms with van der Waals surface area (Å²) in [6.45, 7) is 2.09. The molecule has 0 aromatic carbocycles. The Kier molecular flexibility index (Phi) is 2.49. The van der Waals surface area contributed by atoms with Crippen molar-refractivity contribution in [3.63, 3.8) is 0 Å². The van der Waals surface area contributed by atoms with Crippen LogP contribution in [0.5, 0.6) is 0 Å². The molecule has 0 aromatic heterocycles. The van der Waals surface area contributed by atoms with Crippen LogP contribution < -0.4 is 0 Å². The van der Waals surface area contributed by atoms with Crippen LogP contribution in [0.3, 0.4) is 0 Å². The molecule has 0 unspecified atom stereocenters. The minimum atomic E-state index is 0.883. The lowest BCUT2D eigenvalue weighted by atomic mass is 9.96. The average Bonchev–Trinajstić information content (AvgIpc) is 2.04. The zero-order valence-electron chi connectivity index (χ0n) is 6.30. The summed E-state index contributed by atoms with van der Waals surface area (Å²) in [5.74, 6) is 0. The van der Waals surface area contributed by atoms with Gasteiger partial charge in [-0.15, -0.1) is 0 Å². The quantitative estimate of drug-likeness (QED) is 0.439. The van der Waals surface area contributed by atoms with Crippen LogP contribution in [0.15, 0.2) is 16.8 Å². The molecule has 1 aliphatic carbocycles. The molecule has 0 aliphatic heterocycles. The zero-order chi connectivity index (χ0) is 7.40. The molecule has 0 aromatic rings. The Balaban J connectivity index is 2.72. The number of nitrogens with zero attached hydrogens (tertiary/aromatic N) is 1. The van der Waals surface area contributed by atoms with Crippen molar-refractivity contribution in [2.45, 2.75) is 32.6 Å². The number of hydrogen-bond donors (Lipinski definition) is 1. The monoisotopic (exact) mass is 139 g/mol. The molecule has 0 amide bonds. The Morgan fingerprint density at radius 1 is 1.70 bits per heavy atom.